The molecular formula is C11H15ClN4O3S. The Bertz CT molecular complexity index is 627. The smallest absolute Gasteiger partial charge is 0.250 e. The van der Waals surface area contributed by atoms with Crippen molar-refractivity contribution in [3.05, 3.63) is 22.8 Å². The van der Waals surface area contributed by atoms with Gasteiger partial charge in [0, 0.05) is 32.4 Å². The highest BCUT2D eigenvalue weighted by Crippen LogP contribution is 2.25. The number of carbonyl (C=O) groups excluding carboxylic acids is 1. The summed E-state index contributed by atoms with van der Waals surface area (Å²) in [6.07, 6.45) is 2.56. The summed E-state index contributed by atoms with van der Waals surface area (Å²) >= 11 is 6.09. The molecule has 2 N–H and O–H groups in total. The minimum atomic E-state index is -3.17. The molecule has 0 spiro atoms. The predicted octanol–water partition coefficient (Wildman–Crippen LogP) is -0.0845. The second kappa shape index (κ2) is 5.55. The van der Waals surface area contributed by atoms with Crippen LogP contribution < -0.4 is 10.6 Å². The van der Waals surface area contributed by atoms with Gasteiger partial charge in [-0.1, -0.05) is 11.6 Å². The lowest BCUT2D eigenvalue weighted by Gasteiger charge is -2.34. The Hall–Kier alpha value is -1.38. The van der Waals surface area contributed by atoms with Crippen LogP contribution in [-0.2, 0) is 10.0 Å². The molecule has 1 amide bonds. The highest BCUT2D eigenvalue weighted by atomic mass is 35.5. The van der Waals surface area contributed by atoms with Crippen LogP contribution in [0.2, 0.25) is 5.02 Å². The zero-order chi connectivity index (χ0) is 14.9. The van der Waals surface area contributed by atoms with E-state index in [0.717, 1.165) is 0 Å². The van der Waals surface area contributed by atoms with Gasteiger partial charge in [-0.3, -0.25) is 4.79 Å². The summed E-state index contributed by atoms with van der Waals surface area (Å²) in [4.78, 5) is 17.0. The van der Waals surface area contributed by atoms with E-state index in [2.05, 4.69) is 4.98 Å². The van der Waals surface area contributed by atoms with Crippen molar-refractivity contribution in [2.45, 2.75) is 0 Å². The van der Waals surface area contributed by atoms with Crippen molar-refractivity contribution in [2.24, 2.45) is 5.73 Å². The van der Waals surface area contributed by atoms with Crippen molar-refractivity contribution in [3.63, 3.8) is 0 Å². The van der Waals surface area contributed by atoms with Crippen LogP contribution in [0.3, 0.4) is 0 Å². The number of hydrogen-bond acceptors (Lipinski definition) is 5. The number of aromatic nitrogens is 1. The molecule has 0 aliphatic carbocycles. The quantitative estimate of drug-likeness (QED) is 0.840. The summed E-state index contributed by atoms with van der Waals surface area (Å²) in [7, 11) is -3.17. The fraction of sp³-hybridized carbons (Fsp3) is 0.455. The normalized spacial score (nSPS) is 17.2. The number of amides is 1. The fourth-order valence-corrected chi connectivity index (χ4v) is 3.14. The van der Waals surface area contributed by atoms with E-state index < -0.39 is 15.9 Å². The Labute approximate surface area is 122 Å². The Kier molecular flexibility index (Phi) is 4.17. The number of halogens is 1. The maximum Gasteiger partial charge on any atom is 0.250 e. The summed E-state index contributed by atoms with van der Waals surface area (Å²) in [6, 6.07) is 1.47. The maximum atomic E-state index is 11.4. The molecule has 1 aromatic rings. The van der Waals surface area contributed by atoms with Gasteiger partial charge in [-0.25, -0.2) is 13.4 Å². The van der Waals surface area contributed by atoms with Gasteiger partial charge in [-0.2, -0.15) is 4.31 Å². The van der Waals surface area contributed by atoms with E-state index >= 15 is 0 Å². The Balaban J connectivity index is 2.13. The van der Waals surface area contributed by atoms with E-state index in [-0.39, 0.29) is 5.56 Å². The van der Waals surface area contributed by atoms with Gasteiger partial charge in [0.25, 0.3) is 0 Å². The maximum absolute atomic E-state index is 11.4. The van der Waals surface area contributed by atoms with Crippen LogP contribution in [0.5, 0.6) is 0 Å². The van der Waals surface area contributed by atoms with Crippen LogP contribution in [0.15, 0.2) is 12.3 Å². The lowest BCUT2D eigenvalue weighted by molar-refractivity contribution is 0.1000. The highest BCUT2D eigenvalue weighted by molar-refractivity contribution is 7.88. The Morgan fingerprint density at radius 1 is 1.35 bits per heavy atom. The van der Waals surface area contributed by atoms with E-state index in [4.69, 9.17) is 17.3 Å². The van der Waals surface area contributed by atoms with Gasteiger partial charge < -0.3 is 10.6 Å². The number of piperazine rings is 1. The molecule has 2 rings (SSSR count). The highest BCUT2D eigenvalue weighted by Gasteiger charge is 2.25. The van der Waals surface area contributed by atoms with Gasteiger partial charge in [0.05, 0.1) is 16.8 Å². The van der Waals surface area contributed by atoms with Gasteiger partial charge in [-0.15, -0.1) is 0 Å². The van der Waals surface area contributed by atoms with Crippen LogP contribution in [0.25, 0.3) is 0 Å². The molecule has 0 aromatic carbocycles. The summed E-state index contributed by atoms with van der Waals surface area (Å²) < 4.78 is 24.3. The molecule has 1 aromatic heterocycles. The van der Waals surface area contributed by atoms with Crippen molar-refractivity contribution in [2.75, 3.05) is 37.3 Å². The molecule has 0 radical (unpaired) electrons. The monoisotopic (exact) mass is 318 g/mol. The second-order valence-corrected chi connectivity index (χ2v) is 6.93. The molecule has 0 unspecified atom stereocenters. The molecule has 1 aliphatic rings. The van der Waals surface area contributed by atoms with Crippen molar-refractivity contribution < 1.29 is 13.2 Å². The second-order valence-electron chi connectivity index (χ2n) is 4.54. The third-order valence-corrected chi connectivity index (χ3v) is 4.69. The first-order chi connectivity index (χ1) is 9.29. The molecule has 9 heteroatoms. The molecule has 1 saturated heterocycles. The summed E-state index contributed by atoms with van der Waals surface area (Å²) in [5.74, 6) is -0.0577. The summed E-state index contributed by atoms with van der Waals surface area (Å²) in [6.45, 7) is 1.76. The average Bonchev–Trinajstić information content (AvgIpc) is 2.37. The number of rotatable bonds is 3. The topological polar surface area (TPSA) is 96.6 Å². The van der Waals surface area contributed by atoms with Crippen molar-refractivity contribution in [1.29, 1.82) is 0 Å². The van der Waals surface area contributed by atoms with Crippen molar-refractivity contribution >= 4 is 33.3 Å². The number of nitrogens with zero attached hydrogens (tertiary/aromatic N) is 3. The first-order valence-electron chi connectivity index (χ1n) is 5.94. The number of pyridine rings is 1. The number of nitrogens with two attached hydrogens (primary N) is 1. The molecular weight excluding hydrogens is 304 g/mol. The molecule has 0 saturated carbocycles. The van der Waals surface area contributed by atoms with Gasteiger partial charge in [0.2, 0.25) is 15.9 Å². The molecule has 110 valence electrons. The van der Waals surface area contributed by atoms with Gasteiger partial charge in [0.1, 0.15) is 5.82 Å². The summed E-state index contributed by atoms with van der Waals surface area (Å²) in [5.41, 5.74) is 5.40. The molecule has 0 bridgehead atoms. The zero-order valence-corrected chi connectivity index (χ0v) is 12.5. The molecule has 2 heterocycles. The number of sulfonamides is 1. The van der Waals surface area contributed by atoms with Gasteiger partial charge in [-0.05, 0) is 6.07 Å². The SMILES string of the molecule is CS(=O)(=O)N1CCN(c2ncc(C(N)=O)cc2Cl)CC1. The Morgan fingerprint density at radius 2 is 1.95 bits per heavy atom. The fourth-order valence-electron chi connectivity index (χ4n) is 2.03. The summed E-state index contributed by atoms with van der Waals surface area (Å²) in [5, 5.41) is 0.328. The predicted molar refractivity (Wildman–Crippen MR) is 76.4 cm³/mol. The minimum absolute atomic E-state index is 0.244. The standard InChI is InChI=1S/C11H15ClN4O3S/c1-20(18,19)16-4-2-15(3-5-16)11-9(12)6-8(7-14-11)10(13)17/h6-7H,2-5H2,1H3,(H2,13,17). The van der Waals surface area contributed by atoms with Crippen molar-refractivity contribution in [3.8, 4) is 0 Å². The number of carbonyl (C=O) groups is 1. The van der Waals surface area contributed by atoms with Crippen LogP contribution in [0.4, 0.5) is 5.82 Å². The van der Waals surface area contributed by atoms with E-state index in [0.29, 0.717) is 37.0 Å². The van der Waals surface area contributed by atoms with Crippen LogP contribution in [-0.4, -0.2) is 56.0 Å². The third-order valence-electron chi connectivity index (χ3n) is 3.11. The molecule has 1 fully saturated rings. The van der Waals surface area contributed by atoms with E-state index in [1.807, 2.05) is 4.90 Å². The van der Waals surface area contributed by atoms with Gasteiger partial charge >= 0.3 is 0 Å². The molecule has 1 aliphatic heterocycles. The third kappa shape index (κ3) is 3.20. The van der Waals surface area contributed by atoms with Gasteiger partial charge in [0.15, 0.2) is 0 Å². The minimum Gasteiger partial charge on any atom is -0.366 e. The lowest BCUT2D eigenvalue weighted by atomic mass is 10.2. The Morgan fingerprint density at radius 3 is 2.40 bits per heavy atom. The number of anilines is 1. The molecule has 0 atom stereocenters. The van der Waals surface area contributed by atoms with Crippen molar-refractivity contribution in [1.82, 2.24) is 9.29 Å². The lowest BCUT2D eigenvalue weighted by Crippen LogP contribution is -2.48. The molecule has 20 heavy (non-hydrogen) atoms. The number of hydrogen-bond donors (Lipinski definition) is 1. The van der Waals surface area contributed by atoms with Crippen LogP contribution in [0, 0.1) is 0 Å². The van der Waals surface area contributed by atoms with E-state index in [1.165, 1.54) is 22.8 Å². The first-order valence-corrected chi connectivity index (χ1v) is 8.17. The van der Waals surface area contributed by atoms with E-state index in [9.17, 15) is 13.2 Å². The largest absolute Gasteiger partial charge is 0.366 e. The van der Waals surface area contributed by atoms with E-state index in [1.54, 1.807) is 0 Å². The van der Waals surface area contributed by atoms with Crippen LogP contribution >= 0.6 is 11.6 Å². The van der Waals surface area contributed by atoms with Crippen LogP contribution in [0.1, 0.15) is 10.4 Å². The zero-order valence-electron chi connectivity index (χ0n) is 10.9. The first kappa shape index (κ1) is 15.0. The number of primary amides is 1. The average molecular weight is 319 g/mol. The molecule has 7 nitrogen and oxygen atoms in total.